The second-order valence-corrected chi connectivity index (χ2v) is 9.48. The van der Waals surface area contributed by atoms with Crippen molar-refractivity contribution in [1.82, 2.24) is 9.80 Å². The molecule has 2 aromatic rings. The molecule has 2 aromatic carbocycles. The summed E-state index contributed by atoms with van der Waals surface area (Å²) in [5, 5.41) is 11.6. The fourth-order valence-corrected chi connectivity index (χ4v) is 4.65. The predicted octanol–water partition coefficient (Wildman–Crippen LogP) is 4.60. The van der Waals surface area contributed by atoms with Crippen molar-refractivity contribution in [1.29, 1.82) is 0 Å². The number of piperazine rings is 1. The second-order valence-electron chi connectivity index (χ2n) is 9.08. The number of anilines is 2. The zero-order chi connectivity index (χ0) is 26.6. The van der Waals surface area contributed by atoms with Crippen LogP contribution >= 0.6 is 11.6 Å². The Morgan fingerprint density at radius 2 is 1.81 bits per heavy atom. The van der Waals surface area contributed by atoms with E-state index in [0.29, 0.717) is 24.3 Å². The monoisotopic (exact) mass is 528 g/mol. The number of ether oxygens (including phenoxy) is 1. The van der Waals surface area contributed by atoms with Gasteiger partial charge < -0.3 is 25.0 Å². The van der Waals surface area contributed by atoms with Crippen LogP contribution in [-0.4, -0.2) is 79.7 Å². The topological polar surface area (TPSA) is 85.3 Å². The lowest BCUT2D eigenvalue weighted by molar-refractivity contribution is -0.105. The number of benzene rings is 2. The molecule has 1 amide bonds. The van der Waals surface area contributed by atoms with Crippen LogP contribution in [0.1, 0.15) is 36.5 Å². The average molecular weight is 529 g/mol. The molecule has 200 valence electrons. The van der Waals surface area contributed by atoms with E-state index in [0.717, 1.165) is 38.4 Å². The van der Waals surface area contributed by atoms with Crippen molar-refractivity contribution in [3.8, 4) is 5.75 Å². The number of phenolic OH excluding ortho intramolecular Hbond substituents is 1. The summed E-state index contributed by atoms with van der Waals surface area (Å²) in [7, 11) is 0. The van der Waals surface area contributed by atoms with Crippen molar-refractivity contribution >= 4 is 35.4 Å². The lowest BCUT2D eigenvalue weighted by atomic mass is 10.1. The first-order valence-electron chi connectivity index (χ1n) is 12.8. The van der Waals surface area contributed by atoms with E-state index in [1.54, 1.807) is 6.07 Å². The van der Waals surface area contributed by atoms with Crippen LogP contribution in [0, 0.1) is 0 Å². The minimum Gasteiger partial charge on any atom is -0.506 e. The standard InChI is InChI=1S/C21H31N3O2.C7H6ClNO2/c1-3-26-21(25)19-8-7-9-20(16-19)24-14-12-23(13-15-24)18(2)17-22-10-5-4-6-11-22;8-6-3-5(9-4-10)1-2-7(6)11/h7-9,16H,2-6,10-15,17H2,1H3;1-4,11H,(H,9,10). The van der Waals surface area contributed by atoms with Crippen LogP contribution in [0.4, 0.5) is 11.4 Å². The maximum atomic E-state index is 11.9. The zero-order valence-electron chi connectivity index (χ0n) is 21.5. The number of hydrogen-bond donors (Lipinski definition) is 2. The fourth-order valence-electron chi connectivity index (χ4n) is 4.47. The molecule has 0 aromatic heterocycles. The molecule has 2 N–H and O–H groups in total. The molecule has 0 radical (unpaired) electrons. The number of nitrogens with one attached hydrogen (secondary N) is 1. The summed E-state index contributed by atoms with van der Waals surface area (Å²) in [5.41, 5.74) is 3.52. The smallest absolute Gasteiger partial charge is 0.338 e. The van der Waals surface area contributed by atoms with Crippen molar-refractivity contribution < 1.29 is 19.4 Å². The average Bonchev–Trinajstić information content (AvgIpc) is 2.92. The van der Waals surface area contributed by atoms with Crippen LogP contribution in [0.5, 0.6) is 5.75 Å². The summed E-state index contributed by atoms with van der Waals surface area (Å²) in [4.78, 5) is 29.2. The van der Waals surface area contributed by atoms with E-state index in [1.165, 1.54) is 50.2 Å². The highest BCUT2D eigenvalue weighted by atomic mass is 35.5. The molecule has 9 heteroatoms. The van der Waals surface area contributed by atoms with Crippen LogP contribution in [-0.2, 0) is 9.53 Å². The van der Waals surface area contributed by atoms with Gasteiger partial charge in [0.15, 0.2) is 0 Å². The molecule has 4 rings (SSSR count). The van der Waals surface area contributed by atoms with Crippen molar-refractivity contribution in [2.45, 2.75) is 26.2 Å². The van der Waals surface area contributed by atoms with E-state index in [4.69, 9.17) is 21.4 Å². The van der Waals surface area contributed by atoms with Gasteiger partial charge in [0, 0.05) is 49.8 Å². The molecule has 0 spiro atoms. The van der Waals surface area contributed by atoms with Gasteiger partial charge in [-0.05, 0) is 69.3 Å². The Bertz CT molecular complexity index is 1050. The number of halogens is 1. The molecule has 0 saturated carbocycles. The molecule has 0 atom stereocenters. The largest absolute Gasteiger partial charge is 0.506 e. The third-order valence-electron chi connectivity index (χ3n) is 6.48. The van der Waals surface area contributed by atoms with Crippen molar-refractivity contribution in [2.75, 3.05) is 62.6 Å². The number of likely N-dealkylation sites (tertiary alicyclic amines) is 1. The first-order chi connectivity index (χ1) is 17.9. The molecule has 2 heterocycles. The Balaban J connectivity index is 0.000000289. The number of carbonyl (C=O) groups is 2. The van der Waals surface area contributed by atoms with Gasteiger partial charge in [-0.3, -0.25) is 9.69 Å². The number of hydrogen-bond acceptors (Lipinski definition) is 7. The molecule has 0 aliphatic carbocycles. The maximum Gasteiger partial charge on any atom is 0.338 e. The van der Waals surface area contributed by atoms with Crippen LogP contribution in [0.15, 0.2) is 54.7 Å². The van der Waals surface area contributed by atoms with Gasteiger partial charge in [-0.15, -0.1) is 0 Å². The third kappa shape index (κ3) is 8.68. The summed E-state index contributed by atoms with van der Waals surface area (Å²) < 4.78 is 5.11. The first-order valence-corrected chi connectivity index (χ1v) is 13.1. The van der Waals surface area contributed by atoms with Crippen molar-refractivity contribution in [2.24, 2.45) is 0 Å². The Kier molecular flexibility index (Phi) is 11.1. The Morgan fingerprint density at radius 1 is 1.08 bits per heavy atom. The molecular formula is C28H37ClN4O4. The zero-order valence-corrected chi connectivity index (χ0v) is 22.3. The van der Waals surface area contributed by atoms with E-state index in [-0.39, 0.29) is 16.7 Å². The third-order valence-corrected chi connectivity index (χ3v) is 6.78. The highest BCUT2D eigenvalue weighted by Crippen LogP contribution is 2.25. The van der Waals surface area contributed by atoms with Gasteiger partial charge in [0.25, 0.3) is 0 Å². The highest BCUT2D eigenvalue weighted by molar-refractivity contribution is 6.32. The molecule has 8 nitrogen and oxygen atoms in total. The minimum atomic E-state index is -0.247. The quantitative estimate of drug-likeness (QED) is 0.294. The van der Waals surface area contributed by atoms with Gasteiger partial charge in [0.2, 0.25) is 6.41 Å². The lowest BCUT2D eigenvalue weighted by Gasteiger charge is -2.40. The Hall–Kier alpha value is -3.23. The van der Waals surface area contributed by atoms with Gasteiger partial charge >= 0.3 is 5.97 Å². The summed E-state index contributed by atoms with van der Waals surface area (Å²) in [6, 6.07) is 12.2. The number of piperidine rings is 1. The highest BCUT2D eigenvalue weighted by Gasteiger charge is 2.21. The number of aromatic hydroxyl groups is 1. The molecule has 0 bridgehead atoms. The summed E-state index contributed by atoms with van der Waals surface area (Å²) in [6.45, 7) is 13.8. The second kappa shape index (κ2) is 14.5. The van der Waals surface area contributed by atoms with Gasteiger partial charge in [-0.25, -0.2) is 4.79 Å². The predicted molar refractivity (Wildman–Crippen MR) is 148 cm³/mol. The Morgan fingerprint density at radius 3 is 2.46 bits per heavy atom. The van der Waals surface area contributed by atoms with Gasteiger partial charge in [-0.2, -0.15) is 0 Å². The molecule has 0 unspecified atom stereocenters. The summed E-state index contributed by atoms with van der Waals surface area (Å²) in [5.74, 6) is -0.244. The number of esters is 1. The number of carbonyl (C=O) groups excluding carboxylic acids is 2. The van der Waals surface area contributed by atoms with Crippen LogP contribution in [0.2, 0.25) is 5.02 Å². The van der Waals surface area contributed by atoms with Gasteiger partial charge in [-0.1, -0.05) is 30.7 Å². The van der Waals surface area contributed by atoms with Gasteiger partial charge in [0.1, 0.15) is 5.75 Å². The maximum absolute atomic E-state index is 11.9. The molecule has 2 saturated heterocycles. The number of nitrogens with zero attached hydrogens (tertiary/aromatic N) is 3. The number of rotatable bonds is 8. The fraction of sp³-hybridized carbons (Fsp3) is 0.429. The summed E-state index contributed by atoms with van der Waals surface area (Å²) in [6.07, 6.45) is 4.55. The molecule has 2 aliphatic heterocycles. The van der Waals surface area contributed by atoms with E-state index >= 15 is 0 Å². The van der Waals surface area contributed by atoms with E-state index < -0.39 is 0 Å². The molecular weight excluding hydrogens is 492 g/mol. The van der Waals surface area contributed by atoms with Gasteiger partial charge in [0.05, 0.1) is 17.2 Å². The number of phenols is 1. The molecule has 37 heavy (non-hydrogen) atoms. The van der Waals surface area contributed by atoms with Crippen molar-refractivity contribution in [3.05, 3.63) is 65.3 Å². The van der Waals surface area contributed by atoms with E-state index in [1.807, 2.05) is 25.1 Å². The first kappa shape index (κ1) is 28.3. The molecule has 2 aliphatic rings. The van der Waals surface area contributed by atoms with E-state index in [2.05, 4.69) is 32.7 Å². The van der Waals surface area contributed by atoms with Crippen LogP contribution < -0.4 is 10.2 Å². The van der Waals surface area contributed by atoms with Crippen molar-refractivity contribution in [3.63, 3.8) is 0 Å². The Labute approximate surface area is 224 Å². The SMILES string of the molecule is C=C(CN1CCCCC1)N1CCN(c2cccc(C(=O)OCC)c2)CC1.O=CNc1ccc(O)c(Cl)c1. The lowest BCUT2D eigenvalue weighted by Crippen LogP contribution is -2.47. The normalized spacial score (nSPS) is 15.8. The number of amides is 1. The van der Waals surface area contributed by atoms with Crippen LogP contribution in [0.25, 0.3) is 0 Å². The minimum absolute atomic E-state index is 0.00288. The van der Waals surface area contributed by atoms with E-state index in [9.17, 15) is 9.59 Å². The summed E-state index contributed by atoms with van der Waals surface area (Å²) >= 11 is 5.54. The van der Waals surface area contributed by atoms with Crippen LogP contribution in [0.3, 0.4) is 0 Å². The molecule has 2 fully saturated rings.